The first-order valence-electron chi connectivity index (χ1n) is 5.10. The standard InChI is InChI=1S/C9H15N5O/c1-5(2)7-12-8(14-13-7)9(15)11-6-3-10-4-6/h5-6,10H,3-4H2,1-2H3,(H,11,15)(H,12,13,14). The number of aromatic amines is 1. The Morgan fingerprint density at radius 2 is 2.27 bits per heavy atom. The van der Waals surface area contributed by atoms with E-state index in [0.29, 0.717) is 0 Å². The van der Waals surface area contributed by atoms with Gasteiger partial charge in [0.1, 0.15) is 5.82 Å². The van der Waals surface area contributed by atoms with Gasteiger partial charge in [0.05, 0.1) is 6.04 Å². The van der Waals surface area contributed by atoms with E-state index in [1.807, 2.05) is 13.8 Å². The Morgan fingerprint density at radius 1 is 1.53 bits per heavy atom. The van der Waals surface area contributed by atoms with Crippen LogP contribution in [0.1, 0.15) is 36.2 Å². The van der Waals surface area contributed by atoms with Crippen LogP contribution in [0.2, 0.25) is 0 Å². The summed E-state index contributed by atoms with van der Waals surface area (Å²) in [7, 11) is 0. The van der Waals surface area contributed by atoms with Crippen molar-refractivity contribution in [3.63, 3.8) is 0 Å². The molecular weight excluding hydrogens is 194 g/mol. The largest absolute Gasteiger partial charge is 0.344 e. The molecule has 1 aromatic rings. The molecule has 1 aliphatic heterocycles. The molecule has 6 heteroatoms. The third kappa shape index (κ3) is 2.15. The molecular formula is C9H15N5O. The molecule has 3 N–H and O–H groups in total. The van der Waals surface area contributed by atoms with Crippen molar-refractivity contribution in [3.8, 4) is 0 Å². The predicted octanol–water partition coefficient (Wildman–Crippen LogP) is -0.370. The lowest BCUT2D eigenvalue weighted by atomic mass is 10.2. The van der Waals surface area contributed by atoms with Crippen LogP contribution in [0.5, 0.6) is 0 Å². The summed E-state index contributed by atoms with van der Waals surface area (Å²) >= 11 is 0. The van der Waals surface area contributed by atoms with Gasteiger partial charge in [-0.1, -0.05) is 13.8 Å². The van der Waals surface area contributed by atoms with Crippen molar-refractivity contribution in [2.45, 2.75) is 25.8 Å². The molecule has 0 bridgehead atoms. The highest BCUT2D eigenvalue weighted by Gasteiger charge is 2.21. The predicted molar refractivity (Wildman–Crippen MR) is 54.6 cm³/mol. The molecule has 0 saturated carbocycles. The van der Waals surface area contributed by atoms with Crippen LogP contribution in [-0.4, -0.2) is 40.2 Å². The number of aromatic nitrogens is 3. The zero-order valence-electron chi connectivity index (χ0n) is 8.87. The van der Waals surface area contributed by atoms with Crippen LogP contribution in [0, 0.1) is 0 Å². The molecule has 1 saturated heterocycles. The van der Waals surface area contributed by atoms with E-state index >= 15 is 0 Å². The zero-order valence-corrected chi connectivity index (χ0v) is 8.87. The third-order valence-corrected chi connectivity index (χ3v) is 2.37. The molecule has 0 unspecified atom stereocenters. The van der Waals surface area contributed by atoms with E-state index in [4.69, 9.17) is 0 Å². The van der Waals surface area contributed by atoms with Crippen LogP contribution in [0.3, 0.4) is 0 Å². The van der Waals surface area contributed by atoms with Gasteiger partial charge in [-0.25, -0.2) is 4.98 Å². The number of rotatable bonds is 3. The maximum atomic E-state index is 11.6. The topological polar surface area (TPSA) is 82.7 Å². The molecule has 2 rings (SSSR count). The van der Waals surface area contributed by atoms with Gasteiger partial charge < -0.3 is 10.6 Å². The van der Waals surface area contributed by atoms with Crippen molar-refractivity contribution in [1.82, 2.24) is 25.8 Å². The molecule has 2 heterocycles. The molecule has 1 aromatic heterocycles. The third-order valence-electron chi connectivity index (χ3n) is 2.37. The number of nitrogens with zero attached hydrogens (tertiary/aromatic N) is 2. The number of nitrogens with one attached hydrogen (secondary N) is 3. The Labute approximate surface area is 87.9 Å². The molecule has 0 aliphatic carbocycles. The maximum absolute atomic E-state index is 11.6. The van der Waals surface area contributed by atoms with Gasteiger partial charge in [-0.2, -0.15) is 0 Å². The fraction of sp³-hybridized carbons (Fsp3) is 0.667. The first-order valence-corrected chi connectivity index (χ1v) is 5.10. The van der Waals surface area contributed by atoms with E-state index in [1.165, 1.54) is 0 Å². The first kappa shape index (κ1) is 10.1. The second kappa shape index (κ2) is 3.98. The van der Waals surface area contributed by atoms with Crippen molar-refractivity contribution in [2.24, 2.45) is 0 Å². The lowest BCUT2D eigenvalue weighted by Crippen LogP contribution is -2.57. The van der Waals surface area contributed by atoms with Gasteiger partial charge in [0.2, 0.25) is 5.82 Å². The normalized spacial score (nSPS) is 16.5. The number of hydrogen-bond acceptors (Lipinski definition) is 4. The molecule has 82 valence electrons. The van der Waals surface area contributed by atoms with Gasteiger partial charge in [-0.15, -0.1) is 5.10 Å². The summed E-state index contributed by atoms with van der Waals surface area (Å²) in [5.74, 6) is 1.02. The summed E-state index contributed by atoms with van der Waals surface area (Å²) in [6.07, 6.45) is 0. The molecule has 0 spiro atoms. The van der Waals surface area contributed by atoms with E-state index in [0.717, 1.165) is 18.9 Å². The lowest BCUT2D eigenvalue weighted by Gasteiger charge is -2.27. The highest BCUT2D eigenvalue weighted by atomic mass is 16.2. The fourth-order valence-electron chi connectivity index (χ4n) is 1.27. The number of hydrogen-bond donors (Lipinski definition) is 3. The first-order chi connectivity index (χ1) is 7.16. The molecule has 6 nitrogen and oxygen atoms in total. The SMILES string of the molecule is CC(C)c1nc(C(=O)NC2CNC2)n[nH]1. The smallest absolute Gasteiger partial charge is 0.291 e. The fourth-order valence-corrected chi connectivity index (χ4v) is 1.27. The van der Waals surface area contributed by atoms with E-state index < -0.39 is 0 Å². The average molecular weight is 209 g/mol. The molecule has 1 amide bonds. The van der Waals surface area contributed by atoms with Crippen LogP contribution in [0.4, 0.5) is 0 Å². The highest BCUT2D eigenvalue weighted by Crippen LogP contribution is 2.07. The number of H-pyrrole nitrogens is 1. The Kier molecular flexibility index (Phi) is 2.68. The van der Waals surface area contributed by atoms with Crippen LogP contribution < -0.4 is 10.6 Å². The Hall–Kier alpha value is -1.43. The zero-order chi connectivity index (χ0) is 10.8. The molecule has 0 aromatic carbocycles. The monoisotopic (exact) mass is 209 g/mol. The van der Waals surface area contributed by atoms with E-state index in [2.05, 4.69) is 25.8 Å². The van der Waals surface area contributed by atoms with Gasteiger partial charge in [0, 0.05) is 19.0 Å². The van der Waals surface area contributed by atoms with Gasteiger partial charge in [0.25, 0.3) is 5.91 Å². The minimum atomic E-state index is -0.204. The van der Waals surface area contributed by atoms with Crippen molar-refractivity contribution >= 4 is 5.91 Å². The van der Waals surface area contributed by atoms with Crippen molar-refractivity contribution in [3.05, 3.63) is 11.6 Å². The average Bonchev–Trinajstić information content (AvgIpc) is 2.59. The van der Waals surface area contributed by atoms with E-state index in [9.17, 15) is 4.79 Å². The lowest BCUT2D eigenvalue weighted by molar-refractivity contribution is 0.0913. The second-order valence-electron chi connectivity index (χ2n) is 4.03. The summed E-state index contributed by atoms with van der Waals surface area (Å²) in [4.78, 5) is 15.7. The van der Waals surface area contributed by atoms with Crippen LogP contribution in [-0.2, 0) is 0 Å². The van der Waals surface area contributed by atoms with Crippen LogP contribution in [0.25, 0.3) is 0 Å². The second-order valence-corrected chi connectivity index (χ2v) is 4.03. The van der Waals surface area contributed by atoms with E-state index in [-0.39, 0.29) is 23.7 Å². The van der Waals surface area contributed by atoms with Gasteiger partial charge in [0.15, 0.2) is 0 Å². The van der Waals surface area contributed by atoms with Gasteiger partial charge >= 0.3 is 0 Å². The summed E-state index contributed by atoms with van der Waals surface area (Å²) < 4.78 is 0. The summed E-state index contributed by atoms with van der Waals surface area (Å²) in [6.45, 7) is 5.65. The summed E-state index contributed by atoms with van der Waals surface area (Å²) in [5.41, 5.74) is 0. The van der Waals surface area contributed by atoms with Gasteiger partial charge in [-0.05, 0) is 0 Å². The molecule has 15 heavy (non-hydrogen) atoms. The number of carbonyl (C=O) groups excluding carboxylic acids is 1. The van der Waals surface area contributed by atoms with Crippen LogP contribution >= 0.6 is 0 Å². The molecule has 0 atom stereocenters. The Morgan fingerprint density at radius 3 is 2.73 bits per heavy atom. The Balaban J connectivity index is 1.98. The minimum Gasteiger partial charge on any atom is -0.344 e. The quantitative estimate of drug-likeness (QED) is 0.634. The highest BCUT2D eigenvalue weighted by molar-refractivity contribution is 5.90. The minimum absolute atomic E-state index is 0.204. The number of carbonyl (C=O) groups is 1. The van der Waals surface area contributed by atoms with E-state index in [1.54, 1.807) is 0 Å². The molecule has 1 aliphatic rings. The summed E-state index contributed by atoms with van der Waals surface area (Å²) in [5, 5.41) is 12.6. The van der Waals surface area contributed by atoms with Crippen molar-refractivity contribution < 1.29 is 4.79 Å². The number of amides is 1. The molecule has 0 radical (unpaired) electrons. The van der Waals surface area contributed by atoms with Crippen LogP contribution in [0.15, 0.2) is 0 Å². The maximum Gasteiger partial charge on any atom is 0.291 e. The Bertz CT molecular complexity index is 355. The van der Waals surface area contributed by atoms with Crippen molar-refractivity contribution in [2.75, 3.05) is 13.1 Å². The summed E-state index contributed by atoms with van der Waals surface area (Å²) in [6, 6.07) is 0.221. The van der Waals surface area contributed by atoms with Gasteiger partial charge in [-0.3, -0.25) is 9.89 Å². The van der Waals surface area contributed by atoms with Crippen molar-refractivity contribution in [1.29, 1.82) is 0 Å². The molecule has 1 fully saturated rings.